The average molecular weight is 662 g/mol. The molecular weight excluding hydrogens is 629 g/mol. The molecule has 0 aliphatic carbocycles. The lowest BCUT2D eigenvalue weighted by molar-refractivity contribution is -0.136. The number of benzene rings is 4. The number of fused-ring (bicyclic) bond motifs is 1. The van der Waals surface area contributed by atoms with Crippen molar-refractivity contribution in [3.63, 3.8) is 0 Å². The number of rotatable bonds is 12. The number of carboxylic acid groups (broad SMARTS) is 1. The van der Waals surface area contributed by atoms with E-state index in [1.54, 1.807) is 24.3 Å². The smallest absolute Gasteiger partial charge is 0.305 e. The molecule has 0 aliphatic rings. The van der Waals surface area contributed by atoms with Crippen LogP contribution in [-0.4, -0.2) is 48.4 Å². The summed E-state index contributed by atoms with van der Waals surface area (Å²) in [4.78, 5) is 23.6. The minimum atomic E-state index is -3.39. The predicted octanol–water partition coefficient (Wildman–Crippen LogP) is 7.35. The van der Waals surface area contributed by atoms with Gasteiger partial charge in [-0.2, -0.15) is 5.10 Å². The molecule has 0 bridgehead atoms. The molecule has 0 saturated carbocycles. The standard InChI is InChI=1S/C35H33ClFN3O5S/c1-3-4-28(22-5-7-24(8-6-22)35(43)38-18-17-31(41)42)32(23-9-13-26(36)14-10-23)34-29-19-25(20-30(37)33(29)39-40-34)21-11-15-27(16-12-21)46(2,44)45/h5-16,19-20,28,32H,3-4,17-18H2,1-2H3,(H,38,43)(H,39,40)(H,41,42). The molecule has 5 aromatic rings. The first-order valence-electron chi connectivity index (χ1n) is 14.8. The van der Waals surface area contributed by atoms with Crippen molar-refractivity contribution in [2.45, 2.75) is 42.9 Å². The summed E-state index contributed by atoms with van der Waals surface area (Å²) in [6, 6.07) is 24.3. The van der Waals surface area contributed by atoms with E-state index in [4.69, 9.17) is 16.7 Å². The number of nitrogens with zero attached hydrogens (tertiary/aromatic N) is 1. The molecule has 46 heavy (non-hydrogen) atoms. The molecule has 5 rings (SSSR count). The molecule has 2 unspecified atom stereocenters. The summed E-state index contributed by atoms with van der Waals surface area (Å²) in [6.07, 6.45) is 2.56. The van der Waals surface area contributed by atoms with Gasteiger partial charge in [-0.15, -0.1) is 0 Å². The van der Waals surface area contributed by atoms with Gasteiger partial charge in [0.15, 0.2) is 15.7 Å². The van der Waals surface area contributed by atoms with Crippen LogP contribution in [-0.2, 0) is 14.6 Å². The summed E-state index contributed by atoms with van der Waals surface area (Å²) < 4.78 is 39.6. The van der Waals surface area contributed by atoms with Crippen LogP contribution in [0.3, 0.4) is 0 Å². The molecule has 0 spiro atoms. The molecule has 0 saturated heterocycles. The van der Waals surface area contributed by atoms with Crippen LogP contribution in [0.1, 0.15) is 65.2 Å². The van der Waals surface area contributed by atoms with Gasteiger partial charge in [-0.25, -0.2) is 12.8 Å². The zero-order valence-electron chi connectivity index (χ0n) is 25.3. The van der Waals surface area contributed by atoms with Gasteiger partial charge in [0.1, 0.15) is 5.52 Å². The lowest BCUT2D eigenvalue weighted by Gasteiger charge is -2.28. The predicted molar refractivity (Wildman–Crippen MR) is 177 cm³/mol. The maximum Gasteiger partial charge on any atom is 0.305 e. The third-order valence-electron chi connectivity index (χ3n) is 8.03. The zero-order chi connectivity index (χ0) is 33.0. The Morgan fingerprint density at radius 1 is 0.957 bits per heavy atom. The Bertz CT molecular complexity index is 1980. The number of aromatic amines is 1. The van der Waals surface area contributed by atoms with Gasteiger partial charge < -0.3 is 10.4 Å². The number of carboxylic acids is 1. The quantitative estimate of drug-likeness (QED) is 0.128. The third kappa shape index (κ3) is 7.29. The second kappa shape index (κ2) is 13.8. The van der Waals surface area contributed by atoms with Crippen LogP contribution in [0.5, 0.6) is 0 Å². The van der Waals surface area contributed by atoms with Gasteiger partial charge in [-0.3, -0.25) is 14.7 Å². The number of sulfone groups is 1. The van der Waals surface area contributed by atoms with Crippen LogP contribution < -0.4 is 5.32 Å². The van der Waals surface area contributed by atoms with E-state index < -0.39 is 21.6 Å². The van der Waals surface area contributed by atoms with E-state index >= 15 is 4.39 Å². The number of hydrogen-bond donors (Lipinski definition) is 3. The van der Waals surface area contributed by atoms with Gasteiger partial charge >= 0.3 is 5.97 Å². The average Bonchev–Trinajstić information content (AvgIpc) is 3.45. The van der Waals surface area contributed by atoms with Gasteiger partial charge in [0, 0.05) is 34.7 Å². The van der Waals surface area contributed by atoms with Gasteiger partial charge in [-0.05, 0) is 83.1 Å². The Balaban J connectivity index is 1.59. The summed E-state index contributed by atoms with van der Waals surface area (Å²) in [7, 11) is -3.39. The van der Waals surface area contributed by atoms with Crippen LogP contribution in [0.2, 0.25) is 5.02 Å². The molecule has 238 valence electrons. The van der Waals surface area contributed by atoms with E-state index in [-0.39, 0.29) is 41.1 Å². The van der Waals surface area contributed by atoms with Crippen molar-refractivity contribution in [3.8, 4) is 11.1 Å². The normalized spacial score (nSPS) is 13.0. The lowest BCUT2D eigenvalue weighted by Crippen LogP contribution is -2.26. The van der Waals surface area contributed by atoms with Crippen LogP contribution in [0, 0.1) is 5.82 Å². The molecule has 1 heterocycles. The summed E-state index contributed by atoms with van der Waals surface area (Å²) in [5.74, 6) is -2.28. The van der Waals surface area contributed by atoms with Crippen molar-refractivity contribution in [1.29, 1.82) is 0 Å². The zero-order valence-corrected chi connectivity index (χ0v) is 26.8. The fourth-order valence-corrected chi connectivity index (χ4v) is 6.52. The van der Waals surface area contributed by atoms with Gasteiger partial charge in [0.25, 0.3) is 5.91 Å². The second-order valence-electron chi connectivity index (χ2n) is 11.2. The SMILES string of the molecule is CCCC(c1ccc(C(=O)NCCC(=O)O)cc1)C(c1ccc(Cl)cc1)c1[nH]nc2c(F)cc(-c3ccc(S(C)(=O)=O)cc3)cc12. The summed E-state index contributed by atoms with van der Waals surface area (Å²) in [5, 5.41) is 20.2. The Morgan fingerprint density at radius 2 is 1.61 bits per heavy atom. The Hall–Kier alpha value is -4.54. The lowest BCUT2D eigenvalue weighted by atomic mass is 9.76. The van der Waals surface area contributed by atoms with Crippen LogP contribution in [0.15, 0.2) is 89.8 Å². The van der Waals surface area contributed by atoms with Crippen molar-refractivity contribution in [2.75, 3.05) is 12.8 Å². The highest BCUT2D eigenvalue weighted by Crippen LogP contribution is 2.44. The number of carbonyl (C=O) groups excluding carboxylic acids is 1. The monoisotopic (exact) mass is 661 g/mol. The van der Waals surface area contributed by atoms with E-state index in [0.29, 0.717) is 32.8 Å². The molecule has 0 aliphatic heterocycles. The molecular formula is C35H33ClFN3O5S. The number of nitrogens with one attached hydrogen (secondary N) is 2. The first kappa shape index (κ1) is 32.8. The fraction of sp³-hybridized carbons (Fsp3) is 0.229. The molecule has 1 aromatic heterocycles. The van der Waals surface area contributed by atoms with Crippen molar-refractivity contribution in [1.82, 2.24) is 15.5 Å². The third-order valence-corrected chi connectivity index (χ3v) is 9.41. The number of hydrogen-bond acceptors (Lipinski definition) is 5. The number of H-pyrrole nitrogens is 1. The number of aromatic nitrogens is 2. The Morgan fingerprint density at radius 3 is 2.22 bits per heavy atom. The largest absolute Gasteiger partial charge is 0.481 e. The minimum Gasteiger partial charge on any atom is -0.481 e. The number of carbonyl (C=O) groups is 2. The van der Waals surface area contributed by atoms with Gasteiger partial charge in [0.05, 0.1) is 17.0 Å². The maximum atomic E-state index is 15.6. The maximum absolute atomic E-state index is 15.6. The first-order valence-corrected chi connectivity index (χ1v) is 17.1. The topological polar surface area (TPSA) is 129 Å². The number of amides is 1. The molecule has 3 N–H and O–H groups in total. The van der Waals surface area contributed by atoms with Crippen LogP contribution >= 0.6 is 11.6 Å². The Kier molecular flexibility index (Phi) is 9.88. The second-order valence-corrected chi connectivity index (χ2v) is 13.7. The van der Waals surface area contributed by atoms with Crippen LogP contribution in [0.25, 0.3) is 22.0 Å². The molecule has 0 radical (unpaired) electrons. The molecule has 1 amide bonds. The van der Waals surface area contributed by atoms with E-state index in [0.717, 1.165) is 30.2 Å². The summed E-state index contributed by atoms with van der Waals surface area (Å²) in [5.41, 5.74) is 4.44. The van der Waals surface area contributed by atoms with Crippen molar-refractivity contribution in [3.05, 3.63) is 118 Å². The summed E-state index contributed by atoms with van der Waals surface area (Å²) >= 11 is 6.27. The number of halogens is 2. The molecule has 2 atom stereocenters. The Labute approximate surface area is 271 Å². The highest BCUT2D eigenvalue weighted by molar-refractivity contribution is 7.90. The minimum absolute atomic E-state index is 0.0281. The molecule has 0 fully saturated rings. The van der Waals surface area contributed by atoms with Gasteiger partial charge in [-0.1, -0.05) is 61.3 Å². The highest BCUT2D eigenvalue weighted by atomic mass is 35.5. The van der Waals surface area contributed by atoms with E-state index in [1.807, 2.05) is 42.5 Å². The summed E-state index contributed by atoms with van der Waals surface area (Å²) in [6.45, 7) is 2.11. The number of aliphatic carboxylic acids is 1. The molecule has 8 nitrogen and oxygen atoms in total. The highest BCUT2D eigenvalue weighted by Gasteiger charge is 2.30. The molecule has 4 aromatic carbocycles. The van der Waals surface area contributed by atoms with Crippen molar-refractivity contribution < 1.29 is 27.5 Å². The van der Waals surface area contributed by atoms with Crippen molar-refractivity contribution >= 4 is 44.2 Å². The first-order chi connectivity index (χ1) is 22.0. The fourth-order valence-electron chi connectivity index (χ4n) is 5.77. The van der Waals surface area contributed by atoms with Crippen molar-refractivity contribution in [2.24, 2.45) is 0 Å². The van der Waals surface area contributed by atoms with E-state index in [1.165, 1.54) is 18.2 Å². The van der Waals surface area contributed by atoms with Gasteiger partial charge in [0.2, 0.25) is 0 Å². The van der Waals surface area contributed by atoms with Crippen LogP contribution in [0.4, 0.5) is 4.39 Å². The molecule has 11 heteroatoms. The van der Waals surface area contributed by atoms with E-state index in [2.05, 4.69) is 22.4 Å². The van der Waals surface area contributed by atoms with E-state index in [9.17, 15) is 18.0 Å².